The number of carbonyl (C=O) groups is 3. The Morgan fingerprint density at radius 1 is 1.33 bits per heavy atom. The molecule has 3 N–H and O–H groups in total. The lowest BCUT2D eigenvalue weighted by Gasteiger charge is -2.10. The minimum Gasteiger partial charge on any atom is -0.478 e. The van der Waals surface area contributed by atoms with Gasteiger partial charge in [-0.1, -0.05) is 0 Å². The minimum atomic E-state index is -1.13. The van der Waals surface area contributed by atoms with Crippen molar-refractivity contribution in [2.45, 2.75) is 13.3 Å². The summed E-state index contributed by atoms with van der Waals surface area (Å²) in [5.74, 6) is -1.53. The molecule has 0 saturated carbocycles. The molecule has 114 valence electrons. The molecule has 1 rings (SSSR count). The van der Waals surface area contributed by atoms with E-state index in [0.29, 0.717) is 0 Å². The number of urea groups is 1. The van der Waals surface area contributed by atoms with Gasteiger partial charge in [0.05, 0.1) is 24.3 Å². The lowest BCUT2D eigenvalue weighted by molar-refractivity contribution is -0.142. The molecule has 21 heavy (non-hydrogen) atoms. The molecule has 0 spiro atoms. The Bertz CT molecular complexity index is 547. The molecule has 2 amide bonds. The average molecular weight is 406 g/mol. The number of amides is 2. The van der Waals surface area contributed by atoms with Crippen molar-refractivity contribution in [3.63, 3.8) is 0 Å². The number of hydrogen-bond acceptors (Lipinski definition) is 4. The number of anilines is 1. The molecule has 1 aromatic carbocycles. The number of aromatic carboxylic acids is 1. The average Bonchev–Trinajstić information content (AvgIpc) is 2.41. The minimum absolute atomic E-state index is 0.00226. The smallest absolute Gasteiger partial charge is 0.337 e. The molecule has 0 unspecified atom stereocenters. The summed E-state index contributed by atoms with van der Waals surface area (Å²) < 4.78 is 5.46. The Hall–Kier alpha value is -1.84. The van der Waals surface area contributed by atoms with Crippen LogP contribution >= 0.6 is 22.6 Å². The first-order valence-corrected chi connectivity index (χ1v) is 7.25. The van der Waals surface area contributed by atoms with Crippen LogP contribution in [-0.2, 0) is 9.53 Å². The van der Waals surface area contributed by atoms with Gasteiger partial charge >= 0.3 is 18.0 Å². The summed E-state index contributed by atoms with van der Waals surface area (Å²) in [5.41, 5.74) is 0.194. The van der Waals surface area contributed by atoms with E-state index in [1.165, 1.54) is 12.1 Å². The van der Waals surface area contributed by atoms with E-state index in [1.807, 2.05) is 22.6 Å². The predicted molar refractivity (Wildman–Crippen MR) is 84.4 cm³/mol. The maximum Gasteiger partial charge on any atom is 0.337 e. The molecular formula is C13H15IN2O5. The van der Waals surface area contributed by atoms with Gasteiger partial charge in [0, 0.05) is 10.1 Å². The number of ether oxygens (including phenoxy) is 1. The first-order chi connectivity index (χ1) is 9.93. The van der Waals surface area contributed by atoms with Crippen LogP contribution in [0.1, 0.15) is 23.7 Å². The molecule has 0 bridgehead atoms. The number of esters is 1. The van der Waals surface area contributed by atoms with E-state index in [2.05, 4.69) is 10.6 Å². The van der Waals surface area contributed by atoms with Crippen molar-refractivity contribution in [3.05, 3.63) is 27.3 Å². The van der Waals surface area contributed by atoms with Crippen LogP contribution in [0.4, 0.5) is 10.5 Å². The highest BCUT2D eigenvalue weighted by Gasteiger charge is 2.13. The number of carbonyl (C=O) groups excluding carboxylic acids is 2. The van der Waals surface area contributed by atoms with Crippen molar-refractivity contribution in [3.8, 4) is 0 Å². The van der Waals surface area contributed by atoms with Gasteiger partial charge in [-0.2, -0.15) is 0 Å². The fraction of sp³-hybridized carbons (Fsp3) is 0.308. The molecule has 0 radical (unpaired) electrons. The van der Waals surface area contributed by atoms with Crippen LogP contribution in [-0.4, -0.2) is 36.2 Å². The fourth-order valence-electron chi connectivity index (χ4n) is 1.48. The van der Waals surface area contributed by atoms with E-state index >= 15 is 0 Å². The number of hydrogen-bond donors (Lipinski definition) is 3. The van der Waals surface area contributed by atoms with Gasteiger partial charge < -0.3 is 20.5 Å². The Morgan fingerprint density at radius 2 is 2.05 bits per heavy atom. The van der Waals surface area contributed by atoms with Gasteiger partial charge in [0.2, 0.25) is 0 Å². The molecule has 0 atom stereocenters. The van der Waals surface area contributed by atoms with Gasteiger partial charge in [0.15, 0.2) is 0 Å². The molecule has 1 aromatic rings. The lowest BCUT2D eigenvalue weighted by atomic mass is 10.2. The van der Waals surface area contributed by atoms with E-state index in [4.69, 9.17) is 9.84 Å². The number of rotatable bonds is 6. The molecule has 0 aliphatic rings. The van der Waals surface area contributed by atoms with Crippen LogP contribution in [0.3, 0.4) is 0 Å². The molecule has 0 aliphatic heterocycles. The zero-order valence-corrected chi connectivity index (χ0v) is 13.5. The molecule has 8 heteroatoms. The number of halogens is 1. The summed E-state index contributed by atoms with van der Waals surface area (Å²) in [6.45, 7) is 2.09. The summed E-state index contributed by atoms with van der Waals surface area (Å²) >= 11 is 1.98. The summed E-state index contributed by atoms with van der Waals surface area (Å²) in [4.78, 5) is 33.8. The van der Waals surface area contributed by atoms with Crippen LogP contribution in [0.25, 0.3) is 0 Å². The SMILES string of the molecule is CCOC(=O)CCNC(=O)Nc1ccc(I)cc1C(=O)O. The monoisotopic (exact) mass is 406 g/mol. The summed E-state index contributed by atoms with van der Waals surface area (Å²) in [6.07, 6.45) is 0.0553. The van der Waals surface area contributed by atoms with Crippen LogP contribution in [0.2, 0.25) is 0 Å². The first kappa shape index (κ1) is 17.2. The molecule has 0 fully saturated rings. The summed E-state index contributed by atoms with van der Waals surface area (Å²) in [5, 5.41) is 14.0. The third kappa shape index (κ3) is 5.98. The quantitative estimate of drug-likeness (QED) is 0.496. The van der Waals surface area contributed by atoms with Crippen molar-refractivity contribution >= 4 is 46.2 Å². The van der Waals surface area contributed by atoms with Gasteiger partial charge in [-0.05, 0) is 47.7 Å². The highest BCUT2D eigenvalue weighted by molar-refractivity contribution is 14.1. The Morgan fingerprint density at radius 3 is 2.67 bits per heavy atom. The second kappa shape index (κ2) is 8.45. The van der Waals surface area contributed by atoms with Crippen LogP contribution in [0.15, 0.2) is 18.2 Å². The third-order valence-corrected chi connectivity index (χ3v) is 3.05. The Kier molecular flexibility index (Phi) is 6.92. The molecule has 0 aliphatic carbocycles. The maximum atomic E-state index is 11.6. The van der Waals surface area contributed by atoms with Gasteiger partial charge in [-0.15, -0.1) is 0 Å². The van der Waals surface area contributed by atoms with Gasteiger partial charge in [0.1, 0.15) is 0 Å². The lowest BCUT2D eigenvalue weighted by Crippen LogP contribution is -2.31. The maximum absolute atomic E-state index is 11.6. The Labute approximate surface area is 135 Å². The summed E-state index contributed by atoms with van der Waals surface area (Å²) in [7, 11) is 0. The fourth-order valence-corrected chi connectivity index (χ4v) is 1.97. The number of carboxylic acids is 1. The van der Waals surface area contributed by atoms with E-state index in [9.17, 15) is 14.4 Å². The molecule has 0 saturated heterocycles. The van der Waals surface area contributed by atoms with Gasteiger partial charge in [-0.25, -0.2) is 9.59 Å². The first-order valence-electron chi connectivity index (χ1n) is 6.17. The highest BCUT2D eigenvalue weighted by atomic mass is 127. The van der Waals surface area contributed by atoms with Crippen molar-refractivity contribution in [2.75, 3.05) is 18.5 Å². The van der Waals surface area contributed by atoms with E-state index in [-0.39, 0.29) is 30.8 Å². The normalized spacial score (nSPS) is 9.81. The molecule has 0 heterocycles. The van der Waals surface area contributed by atoms with Crippen molar-refractivity contribution in [1.29, 1.82) is 0 Å². The van der Waals surface area contributed by atoms with Crippen molar-refractivity contribution < 1.29 is 24.2 Å². The number of nitrogens with one attached hydrogen (secondary N) is 2. The second-order valence-corrected chi connectivity index (χ2v) is 5.18. The number of carboxylic acid groups (broad SMARTS) is 1. The van der Waals surface area contributed by atoms with Gasteiger partial charge in [-0.3, -0.25) is 4.79 Å². The van der Waals surface area contributed by atoms with Crippen LogP contribution in [0.5, 0.6) is 0 Å². The zero-order valence-electron chi connectivity index (χ0n) is 11.3. The van der Waals surface area contributed by atoms with E-state index < -0.39 is 18.0 Å². The van der Waals surface area contributed by atoms with E-state index in [0.717, 1.165) is 3.57 Å². The van der Waals surface area contributed by atoms with Gasteiger partial charge in [0.25, 0.3) is 0 Å². The molecule has 0 aromatic heterocycles. The van der Waals surface area contributed by atoms with Crippen LogP contribution in [0, 0.1) is 3.57 Å². The predicted octanol–water partition coefficient (Wildman–Crippen LogP) is 2.06. The largest absolute Gasteiger partial charge is 0.478 e. The Balaban J connectivity index is 2.55. The van der Waals surface area contributed by atoms with Crippen molar-refractivity contribution in [2.24, 2.45) is 0 Å². The second-order valence-electron chi connectivity index (χ2n) is 3.93. The third-order valence-electron chi connectivity index (χ3n) is 2.38. The molecular weight excluding hydrogens is 391 g/mol. The number of benzene rings is 1. The topological polar surface area (TPSA) is 105 Å². The van der Waals surface area contributed by atoms with E-state index in [1.54, 1.807) is 13.0 Å². The zero-order chi connectivity index (χ0) is 15.8. The highest BCUT2D eigenvalue weighted by Crippen LogP contribution is 2.18. The summed E-state index contributed by atoms with van der Waals surface area (Å²) in [6, 6.07) is 4.07. The van der Waals surface area contributed by atoms with Crippen molar-refractivity contribution in [1.82, 2.24) is 5.32 Å². The van der Waals surface area contributed by atoms with Crippen LogP contribution < -0.4 is 10.6 Å². The molecule has 7 nitrogen and oxygen atoms in total. The standard InChI is InChI=1S/C13H15IN2O5/c1-2-21-11(17)5-6-15-13(20)16-10-4-3-8(14)7-9(10)12(18)19/h3-4,7H,2,5-6H2,1H3,(H,18,19)(H2,15,16,20).